The quantitative estimate of drug-likeness (QED) is 0.863. The molecule has 0 saturated carbocycles. The monoisotopic (exact) mass is 286 g/mol. The first kappa shape index (κ1) is 13.9. The molecule has 0 amide bonds. The van der Waals surface area contributed by atoms with Crippen molar-refractivity contribution >= 4 is 11.8 Å². The number of aromatic nitrogens is 4. The van der Waals surface area contributed by atoms with Gasteiger partial charge in [0.05, 0.1) is 12.2 Å². The first-order valence-electron chi connectivity index (χ1n) is 7.33. The van der Waals surface area contributed by atoms with Gasteiger partial charge in [-0.05, 0) is 19.8 Å². The fraction of sp³-hybridized carbons (Fsp3) is 0.533. The lowest BCUT2D eigenvalue weighted by molar-refractivity contribution is 0.697. The number of hydrogen-bond acceptors (Lipinski definition) is 5. The Morgan fingerprint density at radius 1 is 1.29 bits per heavy atom. The van der Waals surface area contributed by atoms with Crippen molar-refractivity contribution < 1.29 is 0 Å². The molecule has 3 rings (SSSR count). The van der Waals surface area contributed by atoms with Gasteiger partial charge in [0.25, 0.3) is 0 Å². The van der Waals surface area contributed by atoms with Crippen molar-refractivity contribution in [2.45, 2.75) is 25.8 Å². The predicted octanol–water partition coefficient (Wildman–Crippen LogP) is 1.93. The topological polar surface area (TPSA) is 50.1 Å². The van der Waals surface area contributed by atoms with Gasteiger partial charge in [0.2, 0.25) is 5.95 Å². The van der Waals surface area contributed by atoms with E-state index in [2.05, 4.69) is 21.2 Å². The van der Waals surface area contributed by atoms with Crippen LogP contribution < -0.4 is 9.80 Å². The third-order valence-corrected chi connectivity index (χ3v) is 3.91. The Labute approximate surface area is 125 Å². The number of hydrogen-bond donors (Lipinski definition) is 0. The molecule has 1 saturated heterocycles. The number of anilines is 2. The highest BCUT2D eigenvalue weighted by atomic mass is 15.3. The summed E-state index contributed by atoms with van der Waals surface area (Å²) in [6.07, 6.45) is 6.33. The van der Waals surface area contributed by atoms with Crippen LogP contribution in [0.4, 0.5) is 11.8 Å². The molecule has 0 aromatic carbocycles. The van der Waals surface area contributed by atoms with E-state index in [0.29, 0.717) is 6.04 Å². The second-order valence-electron chi connectivity index (χ2n) is 5.86. The van der Waals surface area contributed by atoms with Crippen LogP contribution >= 0.6 is 0 Å². The molecule has 1 aliphatic heterocycles. The highest BCUT2D eigenvalue weighted by molar-refractivity contribution is 5.46. The summed E-state index contributed by atoms with van der Waals surface area (Å²) in [5.74, 6) is 1.78. The zero-order chi connectivity index (χ0) is 15.0. The van der Waals surface area contributed by atoms with Crippen LogP contribution in [-0.2, 0) is 7.05 Å². The van der Waals surface area contributed by atoms with Crippen molar-refractivity contribution in [1.82, 2.24) is 19.7 Å². The van der Waals surface area contributed by atoms with Crippen molar-refractivity contribution in [3.63, 3.8) is 0 Å². The number of nitrogens with zero attached hydrogens (tertiary/aromatic N) is 6. The first-order chi connectivity index (χ1) is 10.0. The van der Waals surface area contributed by atoms with Gasteiger partial charge in [0, 0.05) is 51.2 Å². The number of aryl methyl sites for hydroxylation is 2. The molecule has 6 nitrogen and oxygen atoms in total. The maximum Gasteiger partial charge on any atom is 0.228 e. The standard InChI is InChI=1S/C15H22N6/c1-11-8-14(19(2)3)18-15(17-11)21-7-5-6-13(21)12-9-16-20(4)10-12/h8-10,13H,5-7H2,1-4H3. The average molecular weight is 286 g/mol. The van der Waals surface area contributed by atoms with Crippen LogP contribution in [0, 0.1) is 6.92 Å². The van der Waals surface area contributed by atoms with Crippen molar-refractivity contribution in [2.24, 2.45) is 7.05 Å². The second kappa shape index (κ2) is 5.35. The van der Waals surface area contributed by atoms with E-state index < -0.39 is 0 Å². The Bertz CT molecular complexity index is 633. The van der Waals surface area contributed by atoms with Gasteiger partial charge < -0.3 is 9.80 Å². The molecule has 1 fully saturated rings. The van der Waals surface area contributed by atoms with Crippen LogP contribution in [0.3, 0.4) is 0 Å². The first-order valence-corrected chi connectivity index (χ1v) is 7.33. The number of rotatable bonds is 3. The maximum absolute atomic E-state index is 4.71. The summed E-state index contributed by atoms with van der Waals surface area (Å²) < 4.78 is 1.86. The van der Waals surface area contributed by atoms with Gasteiger partial charge >= 0.3 is 0 Å². The second-order valence-corrected chi connectivity index (χ2v) is 5.86. The van der Waals surface area contributed by atoms with Gasteiger partial charge in [-0.15, -0.1) is 0 Å². The zero-order valence-electron chi connectivity index (χ0n) is 13.1. The zero-order valence-corrected chi connectivity index (χ0v) is 13.1. The van der Waals surface area contributed by atoms with Crippen molar-refractivity contribution in [1.29, 1.82) is 0 Å². The Kier molecular flexibility index (Phi) is 3.53. The molecule has 1 atom stereocenters. The van der Waals surface area contributed by atoms with Crippen LogP contribution in [0.2, 0.25) is 0 Å². The molecule has 0 bridgehead atoms. The smallest absolute Gasteiger partial charge is 0.228 e. The Balaban J connectivity index is 1.95. The summed E-state index contributed by atoms with van der Waals surface area (Å²) in [7, 11) is 5.97. The normalized spacial score (nSPS) is 18.3. The molecule has 0 N–H and O–H groups in total. The molecular formula is C15H22N6. The van der Waals surface area contributed by atoms with Crippen molar-refractivity contribution in [3.05, 3.63) is 29.7 Å². The minimum absolute atomic E-state index is 0.329. The van der Waals surface area contributed by atoms with Crippen LogP contribution in [-0.4, -0.2) is 40.4 Å². The highest BCUT2D eigenvalue weighted by Gasteiger charge is 2.29. The molecule has 21 heavy (non-hydrogen) atoms. The lowest BCUT2D eigenvalue weighted by Crippen LogP contribution is -2.25. The minimum atomic E-state index is 0.329. The third-order valence-electron chi connectivity index (χ3n) is 3.91. The minimum Gasteiger partial charge on any atom is -0.363 e. The Morgan fingerprint density at radius 3 is 2.76 bits per heavy atom. The van der Waals surface area contributed by atoms with Crippen LogP contribution in [0.25, 0.3) is 0 Å². The fourth-order valence-electron chi connectivity index (χ4n) is 2.86. The van der Waals surface area contributed by atoms with Crippen molar-refractivity contribution in [2.75, 3.05) is 30.4 Å². The fourth-order valence-corrected chi connectivity index (χ4v) is 2.86. The molecule has 6 heteroatoms. The summed E-state index contributed by atoms with van der Waals surface area (Å²) >= 11 is 0. The molecule has 0 spiro atoms. The van der Waals surface area contributed by atoms with Gasteiger partial charge in [0.1, 0.15) is 5.82 Å². The molecule has 2 aromatic rings. The van der Waals surface area contributed by atoms with Gasteiger partial charge in [-0.2, -0.15) is 10.1 Å². The third kappa shape index (κ3) is 2.70. The van der Waals surface area contributed by atoms with Crippen LogP contribution in [0.1, 0.15) is 30.1 Å². The van der Waals surface area contributed by atoms with Gasteiger partial charge in [-0.25, -0.2) is 4.98 Å². The van der Waals surface area contributed by atoms with Crippen LogP contribution in [0.15, 0.2) is 18.5 Å². The predicted molar refractivity (Wildman–Crippen MR) is 83.6 cm³/mol. The molecule has 0 aliphatic carbocycles. The van der Waals surface area contributed by atoms with Crippen molar-refractivity contribution in [3.8, 4) is 0 Å². The van der Waals surface area contributed by atoms with Gasteiger partial charge in [-0.1, -0.05) is 0 Å². The Morgan fingerprint density at radius 2 is 2.10 bits per heavy atom. The largest absolute Gasteiger partial charge is 0.363 e. The molecular weight excluding hydrogens is 264 g/mol. The van der Waals surface area contributed by atoms with E-state index >= 15 is 0 Å². The lowest BCUT2D eigenvalue weighted by atomic mass is 10.1. The van der Waals surface area contributed by atoms with Crippen LogP contribution in [0.5, 0.6) is 0 Å². The van der Waals surface area contributed by atoms with E-state index in [1.165, 1.54) is 5.56 Å². The lowest BCUT2D eigenvalue weighted by Gasteiger charge is -2.25. The maximum atomic E-state index is 4.71. The summed E-state index contributed by atoms with van der Waals surface area (Å²) in [5, 5.41) is 4.29. The van der Waals surface area contributed by atoms with E-state index in [9.17, 15) is 0 Å². The van der Waals surface area contributed by atoms with E-state index in [-0.39, 0.29) is 0 Å². The van der Waals surface area contributed by atoms with E-state index in [1.54, 1.807) is 0 Å². The van der Waals surface area contributed by atoms with E-state index in [4.69, 9.17) is 4.98 Å². The highest BCUT2D eigenvalue weighted by Crippen LogP contribution is 2.34. The van der Waals surface area contributed by atoms with Gasteiger partial charge in [0.15, 0.2) is 0 Å². The van der Waals surface area contributed by atoms with Gasteiger partial charge in [-0.3, -0.25) is 4.68 Å². The average Bonchev–Trinajstić information content (AvgIpc) is 3.06. The summed E-state index contributed by atoms with van der Waals surface area (Å²) in [6, 6.07) is 2.34. The molecule has 0 radical (unpaired) electrons. The SMILES string of the molecule is Cc1cc(N(C)C)nc(N2CCCC2c2cnn(C)c2)n1. The summed E-state index contributed by atoms with van der Waals surface area (Å²) in [6.45, 7) is 3.02. The Hall–Kier alpha value is -2.11. The summed E-state index contributed by atoms with van der Waals surface area (Å²) in [4.78, 5) is 13.7. The molecule has 2 aromatic heterocycles. The van der Waals surface area contributed by atoms with E-state index in [1.807, 2.05) is 49.9 Å². The molecule has 1 unspecified atom stereocenters. The summed E-state index contributed by atoms with van der Waals surface area (Å²) in [5.41, 5.74) is 2.24. The molecule has 1 aliphatic rings. The van der Waals surface area contributed by atoms with E-state index in [0.717, 1.165) is 36.8 Å². The molecule has 112 valence electrons. The molecule has 3 heterocycles.